The van der Waals surface area contributed by atoms with Gasteiger partial charge in [0.2, 0.25) is 0 Å². The third kappa shape index (κ3) is 3.04. The molecule has 1 N–H and O–H groups in total. The molecule has 0 unspecified atom stereocenters. The molecule has 122 valence electrons. The lowest BCUT2D eigenvalue weighted by Crippen LogP contribution is -2.30. The van der Waals surface area contributed by atoms with Gasteiger partial charge in [-0.1, -0.05) is 66.7 Å². The fraction of sp³-hybridized carbons (Fsp3) is 0.0455. The molecule has 0 aliphatic carbocycles. The van der Waals surface area contributed by atoms with Gasteiger partial charge in [0.15, 0.2) is 0 Å². The highest BCUT2D eigenvalue weighted by molar-refractivity contribution is 6.10. The molecule has 3 heteroatoms. The molecule has 0 aromatic heterocycles. The first-order valence-electron chi connectivity index (χ1n) is 8.30. The quantitative estimate of drug-likeness (QED) is 0.749. The van der Waals surface area contributed by atoms with Gasteiger partial charge in [-0.15, -0.1) is 0 Å². The minimum absolute atomic E-state index is 0.0242. The zero-order chi connectivity index (χ0) is 17.1. The van der Waals surface area contributed by atoms with E-state index < -0.39 is 0 Å². The van der Waals surface area contributed by atoms with Gasteiger partial charge in [0.1, 0.15) is 5.70 Å². The van der Waals surface area contributed by atoms with E-state index in [0.29, 0.717) is 5.70 Å². The van der Waals surface area contributed by atoms with Crippen LogP contribution in [-0.2, 0) is 4.79 Å². The smallest absolute Gasteiger partial charge is 0.275 e. The number of carbonyl (C=O) groups excluding carboxylic acids is 1. The molecule has 0 saturated heterocycles. The van der Waals surface area contributed by atoms with Crippen LogP contribution in [0, 0.1) is 0 Å². The monoisotopic (exact) mass is 326 g/mol. The molecule has 0 bridgehead atoms. The molecule has 0 saturated carbocycles. The molecule has 25 heavy (non-hydrogen) atoms. The van der Waals surface area contributed by atoms with Gasteiger partial charge < -0.3 is 5.32 Å². The maximum absolute atomic E-state index is 13.1. The van der Waals surface area contributed by atoms with Crippen LogP contribution in [-0.4, -0.2) is 5.91 Å². The van der Waals surface area contributed by atoms with E-state index in [1.54, 1.807) is 0 Å². The molecule has 3 aromatic carbocycles. The molecule has 1 atom stereocenters. The van der Waals surface area contributed by atoms with Gasteiger partial charge in [-0.3, -0.25) is 9.69 Å². The molecule has 4 rings (SSSR count). The first kappa shape index (κ1) is 15.2. The molecular weight excluding hydrogens is 308 g/mol. The maximum Gasteiger partial charge on any atom is 0.275 e. The Balaban J connectivity index is 1.73. The minimum atomic E-state index is -0.123. The van der Waals surface area contributed by atoms with Gasteiger partial charge >= 0.3 is 0 Å². The summed E-state index contributed by atoms with van der Waals surface area (Å²) < 4.78 is 0. The average Bonchev–Trinajstić information content (AvgIpc) is 3.00. The lowest BCUT2D eigenvalue weighted by Gasteiger charge is -2.25. The van der Waals surface area contributed by atoms with Crippen LogP contribution in [0.25, 0.3) is 0 Å². The number of hydrogen-bond donors (Lipinski definition) is 1. The van der Waals surface area contributed by atoms with E-state index in [9.17, 15) is 4.79 Å². The fourth-order valence-electron chi connectivity index (χ4n) is 3.09. The number of anilines is 2. The number of rotatable bonds is 4. The van der Waals surface area contributed by atoms with Crippen molar-refractivity contribution < 1.29 is 4.79 Å². The molecule has 3 nitrogen and oxygen atoms in total. The molecule has 1 amide bonds. The Kier molecular flexibility index (Phi) is 4.05. The largest absolute Gasteiger partial charge is 0.351 e. The van der Waals surface area contributed by atoms with Crippen LogP contribution < -0.4 is 10.2 Å². The van der Waals surface area contributed by atoms with Crippen LogP contribution in [0.1, 0.15) is 11.6 Å². The Bertz CT molecular complexity index is 889. The first-order valence-corrected chi connectivity index (χ1v) is 8.30. The second-order valence-corrected chi connectivity index (χ2v) is 5.94. The van der Waals surface area contributed by atoms with Crippen molar-refractivity contribution in [3.63, 3.8) is 0 Å². The summed E-state index contributed by atoms with van der Waals surface area (Å²) in [4.78, 5) is 14.9. The molecule has 0 spiro atoms. The molecular formula is C22H18N2O. The summed E-state index contributed by atoms with van der Waals surface area (Å²) in [6.45, 7) is 0. The highest BCUT2D eigenvalue weighted by atomic mass is 16.2. The van der Waals surface area contributed by atoms with E-state index in [0.717, 1.165) is 16.9 Å². The van der Waals surface area contributed by atoms with Crippen molar-refractivity contribution in [2.75, 3.05) is 10.2 Å². The molecule has 1 heterocycles. The van der Waals surface area contributed by atoms with Crippen molar-refractivity contribution in [3.05, 3.63) is 108 Å². The SMILES string of the molecule is O=C1C(Nc2ccccc2)=C[C@H](c2ccccc2)N1c1ccccc1. The number of carbonyl (C=O) groups is 1. The van der Waals surface area contributed by atoms with Gasteiger partial charge in [0.05, 0.1) is 6.04 Å². The van der Waals surface area contributed by atoms with Crippen LogP contribution >= 0.6 is 0 Å². The first-order chi connectivity index (χ1) is 12.3. The second-order valence-electron chi connectivity index (χ2n) is 5.94. The lowest BCUT2D eigenvalue weighted by atomic mass is 10.1. The molecule has 0 radical (unpaired) electrons. The highest BCUT2D eigenvalue weighted by Gasteiger charge is 2.34. The molecule has 1 aliphatic heterocycles. The van der Waals surface area contributed by atoms with Crippen LogP contribution in [0.5, 0.6) is 0 Å². The second kappa shape index (κ2) is 6.65. The van der Waals surface area contributed by atoms with Crippen LogP contribution in [0.2, 0.25) is 0 Å². The van der Waals surface area contributed by atoms with E-state index in [1.807, 2.05) is 89.8 Å². The van der Waals surface area contributed by atoms with E-state index >= 15 is 0 Å². The van der Waals surface area contributed by atoms with E-state index in [2.05, 4.69) is 17.4 Å². The van der Waals surface area contributed by atoms with Crippen LogP contribution in [0.15, 0.2) is 103 Å². The zero-order valence-electron chi connectivity index (χ0n) is 13.7. The topological polar surface area (TPSA) is 32.3 Å². The molecule has 1 aliphatic rings. The fourth-order valence-corrected chi connectivity index (χ4v) is 3.09. The van der Waals surface area contributed by atoms with Gasteiger partial charge in [-0.2, -0.15) is 0 Å². The van der Waals surface area contributed by atoms with Crippen molar-refractivity contribution in [3.8, 4) is 0 Å². The number of benzene rings is 3. The summed E-state index contributed by atoms with van der Waals surface area (Å²) >= 11 is 0. The highest BCUT2D eigenvalue weighted by Crippen LogP contribution is 2.35. The van der Waals surface area contributed by atoms with Gasteiger partial charge in [-0.25, -0.2) is 0 Å². The van der Waals surface area contributed by atoms with Crippen LogP contribution in [0.3, 0.4) is 0 Å². The standard InChI is InChI=1S/C22H18N2O/c25-22-20(23-18-12-6-2-7-13-18)16-21(17-10-4-1-5-11-17)24(22)19-14-8-3-9-15-19/h1-16,21,23H/t21-/m1/s1. The lowest BCUT2D eigenvalue weighted by molar-refractivity contribution is -0.114. The van der Waals surface area contributed by atoms with Crippen LogP contribution in [0.4, 0.5) is 11.4 Å². The summed E-state index contributed by atoms with van der Waals surface area (Å²) in [5, 5.41) is 3.26. The third-order valence-corrected chi connectivity index (χ3v) is 4.28. The summed E-state index contributed by atoms with van der Waals surface area (Å²) in [7, 11) is 0. The maximum atomic E-state index is 13.1. The summed E-state index contributed by atoms with van der Waals surface area (Å²) in [6.07, 6.45) is 2.00. The minimum Gasteiger partial charge on any atom is -0.351 e. The number of hydrogen-bond acceptors (Lipinski definition) is 2. The van der Waals surface area contributed by atoms with Crippen molar-refractivity contribution >= 4 is 17.3 Å². The number of nitrogens with one attached hydrogen (secondary N) is 1. The Hall–Kier alpha value is -3.33. The Morgan fingerprint density at radius 3 is 1.92 bits per heavy atom. The Labute approximate surface area is 147 Å². The van der Waals surface area contributed by atoms with Gasteiger partial charge in [0, 0.05) is 11.4 Å². The van der Waals surface area contributed by atoms with Gasteiger partial charge in [-0.05, 0) is 35.9 Å². The zero-order valence-corrected chi connectivity index (χ0v) is 13.7. The predicted molar refractivity (Wildman–Crippen MR) is 101 cm³/mol. The summed E-state index contributed by atoms with van der Waals surface area (Å²) in [5.74, 6) is -0.0242. The number of amides is 1. The number of nitrogens with zero attached hydrogens (tertiary/aromatic N) is 1. The van der Waals surface area contributed by atoms with Crippen molar-refractivity contribution in [2.45, 2.75) is 6.04 Å². The van der Waals surface area contributed by atoms with Gasteiger partial charge in [0.25, 0.3) is 5.91 Å². The average molecular weight is 326 g/mol. The van der Waals surface area contributed by atoms with Crippen molar-refractivity contribution in [1.82, 2.24) is 0 Å². The summed E-state index contributed by atoms with van der Waals surface area (Å²) in [5.41, 5.74) is 3.49. The van der Waals surface area contributed by atoms with E-state index in [1.165, 1.54) is 0 Å². The van der Waals surface area contributed by atoms with E-state index in [-0.39, 0.29) is 11.9 Å². The molecule has 3 aromatic rings. The normalized spacial score (nSPS) is 16.6. The molecule has 0 fully saturated rings. The summed E-state index contributed by atoms with van der Waals surface area (Å²) in [6, 6.07) is 29.5. The van der Waals surface area contributed by atoms with E-state index in [4.69, 9.17) is 0 Å². The number of para-hydroxylation sites is 2. The third-order valence-electron chi connectivity index (χ3n) is 4.28. The van der Waals surface area contributed by atoms with Crippen molar-refractivity contribution in [1.29, 1.82) is 0 Å². The predicted octanol–water partition coefficient (Wildman–Crippen LogP) is 4.77. The Morgan fingerprint density at radius 2 is 1.28 bits per heavy atom. The van der Waals surface area contributed by atoms with Crippen molar-refractivity contribution in [2.24, 2.45) is 0 Å². The Morgan fingerprint density at radius 1 is 0.720 bits per heavy atom.